The highest BCUT2D eigenvalue weighted by Gasteiger charge is 2.12. The molecule has 0 saturated heterocycles. The van der Waals surface area contributed by atoms with E-state index in [1.807, 2.05) is 13.1 Å². The van der Waals surface area contributed by atoms with Gasteiger partial charge in [0.25, 0.3) is 5.56 Å². The summed E-state index contributed by atoms with van der Waals surface area (Å²) in [7, 11) is 3.56. The van der Waals surface area contributed by atoms with E-state index in [0.29, 0.717) is 6.54 Å². The minimum Gasteiger partial charge on any atom is -0.315 e. The first-order valence-corrected chi connectivity index (χ1v) is 7.53. The molecule has 1 N–H and O–H groups in total. The molecule has 0 fully saturated rings. The molecule has 21 heavy (non-hydrogen) atoms. The summed E-state index contributed by atoms with van der Waals surface area (Å²) in [5.41, 5.74) is 5.59. The standard InChI is InChI=1S/C17H21N3O/c1-18-11-15-10-16(19-20(2)17(15)21)14-8-7-12-5-3-4-6-13(12)9-14/h7-10,18H,3-6,11H2,1-2H3. The Labute approximate surface area is 124 Å². The van der Waals surface area contributed by atoms with E-state index in [2.05, 4.69) is 28.6 Å². The molecule has 4 nitrogen and oxygen atoms in total. The van der Waals surface area contributed by atoms with Crippen LogP contribution in [0.25, 0.3) is 11.3 Å². The largest absolute Gasteiger partial charge is 0.315 e. The van der Waals surface area contributed by atoms with Crippen LogP contribution in [0.4, 0.5) is 0 Å². The van der Waals surface area contributed by atoms with Gasteiger partial charge in [-0.3, -0.25) is 4.79 Å². The van der Waals surface area contributed by atoms with Gasteiger partial charge in [-0.15, -0.1) is 0 Å². The van der Waals surface area contributed by atoms with Crippen LogP contribution >= 0.6 is 0 Å². The fourth-order valence-corrected chi connectivity index (χ4v) is 3.02. The van der Waals surface area contributed by atoms with Gasteiger partial charge in [0.1, 0.15) is 0 Å². The maximum Gasteiger partial charge on any atom is 0.271 e. The molecule has 0 aliphatic heterocycles. The summed E-state index contributed by atoms with van der Waals surface area (Å²) in [5, 5.41) is 7.45. The number of aryl methyl sites for hydroxylation is 3. The third kappa shape index (κ3) is 2.76. The third-order valence-corrected chi connectivity index (χ3v) is 4.15. The normalized spacial score (nSPS) is 14.0. The smallest absolute Gasteiger partial charge is 0.271 e. The quantitative estimate of drug-likeness (QED) is 0.938. The highest BCUT2D eigenvalue weighted by atomic mass is 16.1. The minimum atomic E-state index is -0.0361. The first-order chi connectivity index (χ1) is 10.2. The highest BCUT2D eigenvalue weighted by molar-refractivity contribution is 5.61. The van der Waals surface area contributed by atoms with Crippen molar-refractivity contribution < 1.29 is 0 Å². The molecule has 2 aromatic rings. The van der Waals surface area contributed by atoms with E-state index in [1.165, 1.54) is 35.1 Å². The Morgan fingerprint density at radius 2 is 1.95 bits per heavy atom. The average molecular weight is 283 g/mol. The second kappa shape index (κ2) is 5.82. The predicted octanol–water partition coefficient (Wildman–Crippen LogP) is 2.05. The van der Waals surface area contributed by atoms with Crippen molar-refractivity contribution in [2.24, 2.45) is 7.05 Å². The van der Waals surface area contributed by atoms with Crippen molar-refractivity contribution in [1.29, 1.82) is 0 Å². The first kappa shape index (κ1) is 14.0. The van der Waals surface area contributed by atoms with Crippen LogP contribution in [0.1, 0.15) is 29.5 Å². The van der Waals surface area contributed by atoms with Crippen LogP contribution < -0.4 is 10.9 Å². The molecule has 110 valence electrons. The van der Waals surface area contributed by atoms with E-state index in [-0.39, 0.29) is 5.56 Å². The molecule has 0 bridgehead atoms. The lowest BCUT2D eigenvalue weighted by molar-refractivity contribution is 0.680. The minimum absolute atomic E-state index is 0.0361. The molecule has 0 spiro atoms. The SMILES string of the molecule is CNCc1cc(-c2ccc3c(c2)CCCC3)nn(C)c1=O. The molecule has 0 radical (unpaired) electrons. The van der Waals surface area contributed by atoms with E-state index < -0.39 is 0 Å². The van der Waals surface area contributed by atoms with Crippen LogP contribution in [-0.4, -0.2) is 16.8 Å². The number of nitrogens with zero attached hydrogens (tertiary/aromatic N) is 2. The lowest BCUT2D eigenvalue weighted by atomic mass is 9.90. The molecule has 1 heterocycles. The number of fused-ring (bicyclic) bond motifs is 1. The molecule has 0 atom stereocenters. The van der Waals surface area contributed by atoms with Gasteiger partial charge in [0.05, 0.1) is 5.69 Å². The Bertz CT molecular complexity index is 718. The Hall–Kier alpha value is -1.94. The fourth-order valence-electron chi connectivity index (χ4n) is 3.02. The third-order valence-electron chi connectivity index (χ3n) is 4.15. The van der Waals surface area contributed by atoms with Crippen LogP contribution in [0.2, 0.25) is 0 Å². The molecule has 0 amide bonds. The number of aromatic nitrogens is 2. The van der Waals surface area contributed by atoms with Gasteiger partial charge < -0.3 is 5.32 Å². The zero-order chi connectivity index (χ0) is 14.8. The van der Waals surface area contributed by atoms with Crippen molar-refractivity contribution >= 4 is 0 Å². The van der Waals surface area contributed by atoms with E-state index in [0.717, 1.165) is 23.2 Å². The van der Waals surface area contributed by atoms with Gasteiger partial charge in [0, 0.05) is 24.7 Å². The molecule has 4 heteroatoms. The highest BCUT2D eigenvalue weighted by Crippen LogP contribution is 2.26. The average Bonchev–Trinajstić information content (AvgIpc) is 2.51. The summed E-state index contributed by atoms with van der Waals surface area (Å²) >= 11 is 0. The molecule has 3 rings (SSSR count). The topological polar surface area (TPSA) is 46.9 Å². The Kier molecular flexibility index (Phi) is 3.88. The molecular formula is C17H21N3O. The Morgan fingerprint density at radius 1 is 1.19 bits per heavy atom. The summed E-state index contributed by atoms with van der Waals surface area (Å²) < 4.78 is 1.43. The van der Waals surface area contributed by atoms with E-state index in [4.69, 9.17) is 0 Å². The molecular weight excluding hydrogens is 262 g/mol. The van der Waals surface area contributed by atoms with Crippen LogP contribution in [0.3, 0.4) is 0 Å². The number of hydrogen-bond donors (Lipinski definition) is 1. The van der Waals surface area contributed by atoms with Gasteiger partial charge in [-0.2, -0.15) is 5.10 Å². The number of hydrogen-bond acceptors (Lipinski definition) is 3. The summed E-state index contributed by atoms with van der Waals surface area (Å²) in [6.45, 7) is 0.563. The molecule has 1 aliphatic rings. The lowest BCUT2D eigenvalue weighted by Gasteiger charge is -2.16. The van der Waals surface area contributed by atoms with Crippen molar-refractivity contribution in [3.05, 3.63) is 51.3 Å². The van der Waals surface area contributed by atoms with Crippen molar-refractivity contribution in [3.8, 4) is 11.3 Å². The van der Waals surface area contributed by atoms with Gasteiger partial charge in [0.15, 0.2) is 0 Å². The van der Waals surface area contributed by atoms with Crippen LogP contribution in [0.5, 0.6) is 0 Å². The zero-order valence-corrected chi connectivity index (χ0v) is 12.6. The second-order valence-electron chi connectivity index (χ2n) is 5.70. The number of rotatable bonds is 3. The second-order valence-corrected chi connectivity index (χ2v) is 5.70. The van der Waals surface area contributed by atoms with Crippen molar-refractivity contribution in [2.75, 3.05) is 7.05 Å². The molecule has 1 aromatic heterocycles. The number of benzene rings is 1. The maximum atomic E-state index is 12.0. The Morgan fingerprint density at radius 3 is 2.71 bits per heavy atom. The zero-order valence-electron chi connectivity index (χ0n) is 12.6. The summed E-state index contributed by atoms with van der Waals surface area (Å²) in [4.78, 5) is 12.0. The summed E-state index contributed by atoms with van der Waals surface area (Å²) in [6.07, 6.45) is 4.89. The van der Waals surface area contributed by atoms with Crippen molar-refractivity contribution in [3.63, 3.8) is 0 Å². The van der Waals surface area contributed by atoms with Gasteiger partial charge in [0.2, 0.25) is 0 Å². The number of nitrogens with one attached hydrogen (secondary N) is 1. The van der Waals surface area contributed by atoms with Crippen LogP contribution in [0, 0.1) is 0 Å². The molecule has 0 unspecified atom stereocenters. The maximum absolute atomic E-state index is 12.0. The van der Waals surface area contributed by atoms with E-state index in [1.54, 1.807) is 7.05 Å². The Balaban J connectivity index is 2.06. The van der Waals surface area contributed by atoms with E-state index in [9.17, 15) is 4.79 Å². The van der Waals surface area contributed by atoms with Crippen molar-refractivity contribution in [2.45, 2.75) is 32.2 Å². The summed E-state index contributed by atoms with van der Waals surface area (Å²) in [5.74, 6) is 0. The predicted molar refractivity (Wildman–Crippen MR) is 84.3 cm³/mol. The first-order valence-electron chi connectivity index (χ1n) is 7.53. The van der Waals surface area contributed by atoms with E-state index >= 15 is 0 Å². The van der Waals surface area contributed by atoms with Gasteiger partial charge in [-0.05, 0) is 56.0 Å². The van der Waals surface area contributed by atoms with Crippen LogP contribution in [0.15, 0.2) is 29.1 Å². The lowest BCUT2D eigenvalue weighted by Crippen LogP contribution is -2.26. The van der Waals surface area contributed by atoms with Gasteiger partial charge >= 0.3 is 0 Å². The molecule has 1 aliphatic carbocycles. The van der Waals surface area contributed by atoms with Crippen LogP contribution in [-0.2, 0) is 26.4 Å². The monoisotopic (exact) mass is 283 g/mol. The van der Waals surface area contributed by atoms with Crippen molar-refractivity contribution in [1.82, 2.24) is 15.1 Å². The molecule has 0 saturated carbocycles. The summed E-state index contributed by atoms with van der Waals surface area (Å²) in [6, 6.07) is 8.49. The van der Waals surface area contributed by atoms with Gasteiger partial charge in [-0.25, -0.2) is 4.68 Å². The molecule has 1 aromatic carbocycles. The fraction of sp³-hybridized carbons (Fsp3) is 0.412. The van der Waals surface area contributed by atoms with Gasteiger partial charge in [-0.1, -0.05) is 12.1 Å².